The second kappa shape index (κ2) is 5.44. The minimum atomic E-state index is 0.752. The van der Waals surface area contributed by atoms with Gasteiger partial charge in [0.1, 0.15) is 0 Å². The Balaban J connectivity index is 1.55. The van der Waals surface area contributed by atoms with Crippen LogP contribution in [-0.2, 0) is 0 Å². The summed E-state index contributed by atoms with van der Waals surface area (Å²) in [6.07, 6.45) is 7.09. The Morgan fingerprint density at radius 1 is 0.944 bits per heavy atom. The third-order valence-electron chi connectivity index (χ3n) is 5.09. The molecule has 0 bridgehead atoms. The van der Waals surface area contributed by atoms with Gasteiger partial charge < -0.3 is 5.32 Å². The molecule has 2 aliphatic rings. The molecule has 3 rings (SSSR count). The summed E-state index contributed by atoms with van der Waals surface area (Å²) in [6.45, 7) is 3.59. The van der Waals surface area contributed by atoms with E-state index >= 15 is 0 Å². The van der Waals surface area contributed by atoms with Crippen molar-refractivity contribution < 1.29 is 0 Å². The van der Waals surface area contributed by atoms with Crippen LogP contribution in [-0.4, -0.2) is 12.6 Å². The summed E-state index contributed by atoms with van der Waals surface area (Å²) in [5, 5.41) is 3.61. The zero-order chi connectivity index (χ0) is 12.4. The summed E-state index contributed by atoms with van der Waals surface area (Å²) in [5.41, 5.74) is 1.56. The molecule has 0 amide bonds. The van der Waals surface area contributed by atoms with Gasteiger partial charge in [-0.3, -0.25) is 0 Å². The Morgan fingerprint density at radius 3 is 2.28 bits per heavy atom. The fourth-order valence-corrected chi connectivity index (χ4v) is 3.98. The molecule has 1 nitrogen and oxygen atoms in total. The third kappa shape index (κ3) is 2.61. The summed E-state index contributed by atoms with van der Waals surface area (Å²) < 4.78 is 0. The Kier molecular flexibility index (Phi) is 3.69. The van der Waals surface area contributed by atoms with Crippen molar-refractivity contribution in [1.29, 1.82) is 0 Å². The standard InChI is InChI=1S/C17H25N/c1-13-11-17(12-18-13)16-9-7-15(8-10-16)14-5-3-2-4-6-14/h2-6,13,15-18H,7-12H2,1H3/t13-,15?,16?,17?/m1/s1. The average molecular weight is 243 g/mol. The number of benzene rings is 1. The lowest BCUT2D eigenvalue weighted by molar-refractivity contribution is 0.243. The van der Waals surface area contributed by atoms with Gasteiger partial charge in [0, 0.05) is 6.04 Å². The van der Waals surface area contributed by atoms with E-state index in [1.54, 1.807) is 5.56 Å². The van der Waals surface area contributed by atoms with E-state index in [4.69, 9.17) is 0 Å². The number of hydrogen-bond donors (Lipinski definition) is 1. The molecular weight excluding hydrogens is 218 g/mol. The quantitative estimate of drug-likeness (QED) is 0.829. The second-order valence-corrected chi connectivity index (χ2v) is 6.33. The highest BCUT2D eigenvalue weighted by atomic mass is 14.9. The summed E-state index contributed by atoms with van der Waals surface area (Å²) in [4.78, 5) is 0. The Bertz CT molecular complexity index is 364. The molecule has 2 atom stereocenters. The van der Waals surface area contributed by atoms with Gasteiger partial charge >= 0.3 is 0 Å². The molecule has 1 saturated carbocycles. The van der Waals surface area contributed by atoms with E-state index in [0.29, 0.717) is 0 Å². The maximum atomic E-state index is 3.61. The molecule has 1 aliphatic heterocycles. The molecular formula is C17H25N. The summed E-state index contributed by atoms with van der Waals surface area (Å²) in [5.74, 6) is 2.77. The zero-order valence-corrected chi connectivity index (χ0v) is 11.4. The Morgan fingerprint density at radius 2 is 1.67 bits per heavy atom. The first-order valence-electron chi connectivity index (χ1n) is 7.61. The highest BCUT2D eigenvalue weighted by Crippen LogP contribution is 2.40. The second-order valence-electron chi connectivity index (χ2n) is 6.33. The predicted molar refractivity (Wildman–Crippen MR) is 76.7 cm³/mol. The van der Waals surface area contributed by atoms with E-state index in [-0.39, 0.29) is 0 Å². The number of rotatable bonds is 2. The third-order valence-corrected chi connectivity index (χ3v) is 5.09. The van der Waals surface area contributed by atoms with E-state index in [1.807, 2.05) is 0 Å². The molecule has 1 saturated heterocycles. The molecule has 1 N–H and O–H groups in total. The molecule has 1 heteroatoms. The van der Waals surface area contributed by atoms with Crippen LogP contribution >= 0.6 is 0 Å². The van der Waals surface area contributed by atoms with Crippen molar-refractivity contribution >= 4 is 0 Å². The molecule has 1 aromatic rings. The van der Waals surface area contributed by atoms with Gasteiger partial charge in [0.2, 0.25) is 0 Å². The van der Waals surface area contributed by atoms with Gasteiger partial charge in [-0.1, -0.05) is 30.3 Å². The van der Waals surface area contributed by atoms with Crippen LogP contribution in [0.1, 0.15) is 50.5 Å². The molecule has 1 aliphatic carbocycles. The minimum Gasteiger partial charge on any atom is -0.314 e. The highest BCUT2D eigenvalue weighted by Gasteiger charge is 2.31. The van der Waals surface area contributed by atoms with Gasteiger partial charge in [-0.25, -0.2) is 0 Å². The van der Waals surface area contributed by atoms with Gasteiger partial charge in [0.05, 0.1) is 0 Å². The van der Waals surface area contributed by atoms with Crippen LogP contribution in [0.15, 0.2) is 30.3 Å². The van der Waals surface area contributed by atoms with Crippen molar-refractivity contribution in [2.24, 2.45) is 11.8 Å². The van der Waals surface area contributed by atoms with Crippen LogP contribution in [0.4, 0.5) is 0 Å². The Hall–Kier alpha value is -0.820. The van der Waals surface area contributed by atoms with E-state index in [2.05, 4.69) is 42.6 Å². The first-order valence-corrected chi connectivity index (χ1v) is 7.61. The van der Waals surface area contributed by atoms with E-state index in [1.165, 1.54) is 38.6 Å². The zero-order valence-electron chi connectivity index (χ0n) is 11.4. The summed E-state index contributed by atoms with van der Waals surface area (Å²) in [7, 11) is 0. The topological polar surface area (TPSA) is 12.0 Å². The molecule has 1 unspecified atom stereocenters. The fourth-order valence-electron chi connectivity index (χ4n) is 3.98. The van der Waals surface area contributed by atoms with Crippen LogP contribution in [0.2, 0.25) is 0 Å². The molecule has 98 valence electrons. The van der Waals surface area contributed by atoms with Gasteiger partial charge in [-0.15, -0.1) is 0 Å². The Labute approximate surface area is 111 Å². The van der Waals surface area contributed by atoms with Crippen molar-refractivity contribution in [3.8, 4) is 0 Å². The summed E-state index contributed by atoms with van der Waals surface area (Å²) in [6, 6.07) is 11.9. The molecule has 2 fully saturated rings. The average Bonchev–Trinajstić information content (AvgIpc) is 2.87. The van der Waals surface area contributed by atoms with Gasteiger partial charge in [0.25, 0.3) is 0 Å². The normalized spacial score (nSPS) is 36.7. The molecule has 18 heavy (non-hydrogen) atoms. The van der Waals surface area contributed by atoms with Crippen molar-refractivity contribution in [2.75, 3.05) is 6.54 Å². The molecule has 1 heterocycles. The largest absolute Gasteiger partial charge is 0.314 e. The summed E-state index contributed by atoms with van der Waals surface area (Å²) >= 11 is 0. The van der Waals surface area contributed by atoms with Crippen molar-refractivity contribution in [1.82, 2.24) is 5.32 Å². The molecule has 0 spiro atoms. The number of hydrogen-bond acceptors (Lipinski definition) is 1. The van der Waals surface area contributed by atoms with E-state index in [9.17, 15) is 0 Å². The molecule has 1 aromatic carbocycles. The predicted octanol–water partition coefficient (Wildman–Crippen LogP) is 3.96. The molecule has 0 aromatic heterocycles. The lowest BCUT2D eigenvalue weighted by atomic mass is 9.73. The van der Waals surface area contributed by atoms with Gasteiger partial charge in [-0.05, 0) is 68.9 Å². The minimum absolute atomic E-state index is 0.752. The fraction of sp³-hybridized carbons (Fsp3) is 0.647. The van der Waals surface area contributed by atoms with Crippen LogP contribution in [0.5, 0.6) is 0 Å². The van der Waals surface area contributed by atoms with E-state index < -0.39 is 0 Å². The first-order chi connectivity index (χ1) is 8.83. The van der Waals surface area contributed by atoms with Gasteiger partial charge in [0.15, 0.2) is 0 Å². The SMILES string of the molecule is C[C@@H]1CC(C2CCC(c3ccccc3)CC2)CN1. The van der Waals surface area contributed by atoms with Crippen molar-refractivity contribution in [3.63, 3.8) is 0 Å². The van der Waals surface area contributed by atoms with Gasteiger partial charge in [-0.2, -0.15) is 0 Å². The maximum absolute atomic E-state index is 3.61. The van der Waals surface area contributed by atoms with Crippen LogP contribution < -0.4 is 5.32 Å². The maximum Gasteiger partial charge on any atom is 0.00420 e. The number of nitrogens with one attached hydrogen (secondary N) is 1. The highest BCUT2D eigenvalue weighted by molar-refractivity contribution is 5.19. The lowest BCUT2D eigenvalue weighted by Gasteiger charge is -2.32. The lowest BCUT2D eigenvalue weighted by Crippen LogP contribution is -2.23. The monoisotopic (exact) mass is 243 g/mol. The van der Waals surface area contributed by atoms with Crippen LogP contribution in [0.25, 0.3) is 0 Å². The van der Waals surface area contributed by atoms with Crippen LogP contribution in [0, 0.1) is 11.8 Å². The smallest absolute Gasteiger partial charge is 0.00420 e. The molecule has 0 radical (unpaired) electrons. The van der Waals surface area contributed by atoms with Crippen LogP contribution in [0.3, 0.4) is 0 Å². The van der Waals surface area contributed by atoms with Crippen molar-refractivity contribution in [3.05, 3.63) is 35.9 Å². The van der Waals surface area contributed by atoms with Crippen molar-refractivity contribution in [2.45, 2.75) is 51.0 Å². The first kappa shape index (κ1) is 12.2. The van der Waals surface area contributed by atoms with E-state index in [0.717, 1.165) is 23.8 Å².